The second-order valence-corrected chi connectivity index (χ2v) is 1.68. The van der Waals surface area contributed by atoms with Crippen molar-refractivity contribution in [2.75, 3.05) is 0 Å². The highest BCUT2D eigenvalue weighted by atomic mass is 28.2. The minimum Gasteiger partial charge on any atom is -0.511 e. The van der Waals surface area contributed by atoms with Gasteiger partial charge >= 0.3 is 16.5 Å². The Hall–Kier alpha value is -1.23. The minimum absolute atomic E-state index is 0.178. The van der Waals surface area contributed by atoms with Crippen LogP contribution in [-0.2, 0) is 4.43 Å². The molecule has 1 heterocycles. The van der Waals surface area contributed by atoms with Gasteiger partial charge in [0, 0.05) is 12.4 Å². The fraction of sp³-hybridized carbons (Fsp3) is 0. The molecule has 0 aliphatic carbocycles. The third-order valence-corrected chi connectivity index (χ3v) is 1.05. The Labute approximate surface area is 60.8 Å². The predicted molar refractivity (Wildman–Crippen MR) is 33.2 cm³/mol. The van der Waals surface area contributed by atoms with Crippen molar-refractivity contribution in [3.63, 3.8) is 0 Å². The molecule has 0 saturated carbocycles. The van der Waals surface area contributed by atoms with E-state index >= 15 is 0 Å². The second-order valence-electron chi connectivity index (χ2n) is 1.48. The summed E-state index contributed by atoms with van der Waals surface area (Å²) in [5.41, 5.74) is 0.178. The number of rotatable bonds is 1. The maximum absolute atomic E-state index is 10.6. The van der Waals surface area contributed by atoms with E-state index in [0.29, 0.717) is 0 Å². The van der Waals surface area contributed by atoms with Crippen LogP contribution in [0.2, 0.25) is 0 Å². The molecule has 0 aromatic carbocycles. The Balaban J connectivity index is 2.85. The first-order chi connectivity index (χ1) is 4.84. The Morgan fingerprint density at radius 2 is 2.40 bits per heavy atom. The summed E-state index contributed by atoms with van der Waals surface area (Å²) in [5, 5.41) is 0. The average molecular weight is 151 g/mol. The Kier molecular flexibility index (Phi) is 2.11. The van der Waals surface area contributed by atoms with Crippen molar-refractivity contribution in [2.24, 2.45) is 0 Å². The van der Waals surface area contributed by atoms with Crippen molar-refractivity contribution in [3.8, 4) is 0 Å². The molecule has 0 aliphatic rings. The van der Waals surface area contributed by atoms with E-state index in [1.54, 1.807) is 0 Å². The molecule has 0 amide bonds. The lowest BCUT2D eigenvalue weighted by molar-refractivity contribution is 0.0743. The quantitative estimate of drug-likeness (QED) is 0.518. The van der Waals surface area contributed by atoms with Crippen LogP contribution in [0.5, 0.6) is 0 Å². The zero-order valence-corrected chi connectivity index (χ0v) is 5.94. The fourth-order valence-corrected chi connectivity index (χ4v) is 0.561. The van der Waals surface area contributed by atoms with Gasteiger partial charge in [0.1, 0.15) is 0 Å². The molecule has 0 unspecified atom stereocenters. The van der Waals surface area contributed by atoms with Crippen LogP contribution in [0, 0.1) is 0 Å². The first-order valence-corrected chi connectivity index (χ1v) is 2.89. The van der Waals surface area contributed by atoms with Gasteiger partial charge in [-0.3, -0.25) is 4.98 Å². The summed E-state index contributed by atoms with van der Waals surface area (Å²) in [4.78, 5) is 18.0. The van der Waals surface area contributed by atoms with Crippen LogP contribution in [-0.4, -0.2) is 26.4 Å². The molecule has 1 rings (SSSR count). The van der Waals surface area contributed by atoms with E-state index in [1.165, 1.54) is 18.6 Å². The standard InChI is InChI=1S/C5H3N2O2Si/c8-5(9-10)4-3-6-1-2-7-4/h1-3H. The van der Waals surface area contributed by atoms with Gasteiger partial charge in [-0.05, 0) is 0 Å². The van der Waals surface area contributed by atoms with Crippen molar-refractivity contribution in [1.29, 1.82) is 0 Å². The van der Waals surface area contributed by atoms with E-state index in [9.17, 15) is 4.79 Å². The Bertz CT molecular complexity index is 226. The van der Waals surface area contributed by atoms with Crippen molar-refractivity contribution in [3.05, 3.63) is 24.3 Å². The van der Waals surface area contributed by atoms with Crippen LogP contribution in [0.1, 0.15) is 10.5 Å². The highest BCUT2D eigenvalue weighted by Crippen LogP contribution is 1.90. The van der Waals surface area contributed by atoms with E-state index in [1.807, 2.05) is 0 Å². The summed E-state index contributed by atoms with van der Waals surface area (Å²) in [6.45, 7) is 0. The van der Waals surface area contributed by atoms with Crippen LogP contribution in [0.4, 0.5) is 0 Å². The van der Waals surface area contributed by atoms with Crippen molar-refractivity contribution >= 4 is 16.5 Å². The SMILES string of the molecule is O=C(O[Si])c1cnccn1. The molecule has 0 aliphatic heterocycles. The van der Waals surface area contributed by atoms with Gasteiger partial charge in [0.2, 0.25) is 0 Å². The molecule has 0 fully saturated rings. The highest BCUT2D eigenvalue weighted by molar-refractivity contribution is 6.08. The lowest BCUT2D eigenvalue weighted by atomic mass is 10.5. The first-order valence-electron chi connectivity index (χ1n) is 2.48. The van der Waals surface area contributed by atoms with E-state index < -0.39 is 5.97 Å². The summed E-state index contributed by atoms with van der Waals surface area (Å²) in [5.74, 6) is -0.551. The monoisotopic (exact) mass is 151 g/mol. The molecule has 5 heteroatoms. The molecule has 49 valence electrons. The molecule has 0 atom stereocenters. The van der Waals surface area contributed by atoms with Gasteiger partial charge in [0.05, 0.1) is 6.20 Å². The average Bonchev–Trinajstić information content (AvgIpc) is 2.05. The lowest BCUT2D eigenvalue weighted by Crippen LogP contribution is -2.04. The number of nitrogens with zero attached hydrogens (tertiary/aromatic N) is 2. The molecule has 1 aromatic rings. The van der Waals surface area contributed by atoms with Gasteiger partial charge in [-0.25, -0.2) is 9.78 Å². The molecule has 0 saturated heterocycles. The Morgan fingerprint density at radius 3 is 2.90 bits per heavy atom. The summed E-state index contributed by atoms with van der Waals surface area (Å²) in [6, 6.07) is 0. The predicted octanol–water partition coefficient (Wildman–Crippen LogP) is -0.283. The topological polar surface area (TPSA) is 52.1 Å². The third kappa shape index (κ3) is 1.38. The summed E-state index contributed by atoms with van der Waals surface area (Å²) in [7, 11) is 2.58. The van der Waals surface area contributed by atoms with Crippen LogP contribution >= 0.6 is 0 Å². The number of carbonyl (C=O) groups excluding carboxylic acids is 1. The van der Waals surface area contributed by atoms with Gasteiger partial charge in [0.25, 0.3) is 0 Å². The highest BCUT2D eigenvalue weighted by Gasteiger charge is 2.03. The number of aromatic nitrogens is 2. The van der Waals surface area contributed by atoms with E-state index in [0.717, 1.165) is 0 Å². The minimum atomic E-state index is -0.551. The maximum atomic E-state index is 10.6. The van der Waals surface area contributed by atoms with Crippen LogP contribution in [0.25, 0.3) is 0 Å². The molecule has 4 nitrogen and oxygen atoms in total. The van der Waals surface area contributed by atoms with Gasteiger partial charge in [-0.1, -0.05) is 0 Å². The van der Waals surface area contributed by atoms with Gasteiger partial charge in [0.15, 0.2) is 5.69 Å². The van der Waals surface area contributed by atoms with Gasteiger partial charge < -0.3 is 4.43 Å². The van der Waals surface area contributed by atoms with Crippen molar-refractivity contribution < 1.29 is 9.22 Å². The van der Waals surface area contributed by atoms with Crippen molar-refractivity contribution in [2.45, 2.75) is 0 Å². The molecule has 3 radical (unpaired) electrons. The van der Waals surface area contributed by atoms with E-state index in [2.05, 4.69) is 24.9 Å². The molecule has 0 N–H and O–H groups in total. The number of hydrogen-bond donors (Lipinski definition) is 0. The number of carbonyl (C=O) groups is 1. The summed E-state index contributed by atoms with van der Waals surface area (Å²) in [6.07, 6.45) is 4.21. The normalized spacial score (nSPS) is 8.90. The fourth-order valence-electron chi connectivity index (χ4n) is 0.457. The molecule has 1 aromatic heterocycles. The third-order valence-electron chi connectivity index (χ3n) is 0.865. The Morgan fingerprint density at radius 1 is 1.60 bits per heavy atom. The largest absolute Gasteiger partial charge is 0.511 e. The second kappa shape index (κ2) is 3.07. The molecular weight excluding hydrogens is 148 g/mol. The molecule has 0 bridgehead atoms. The molecular formula is C5H3N2O2Si. The lowest BCUT2D eigenvalue weighted by Gasteiger charge is -1.93. The maximum Gasteiger partial charge on any atom is 0.345 e. The van der Waals surface area contributed by atoms with E-state index in [-0.39, 0.29) is 5.69 Å². The smallest absolute Gasteiger partial charge is 0.345 e. The summed E-state index contributed by atoms with van der Waals surface area (Å²) < 4.78 is 4.20. The zero-order valence-electron chi connectivity index (χ0n) is 4.94. The van der Waals surface area contributed by atoms with Gasteiger partial charge in [-0.2, -0.15) is 0 Å². The van der Waals surface area contributed by atoms with E-state index in [4.69, 9.17) is 0 Å². The van der Waals surface area contributed by atoms with Crippen LogP contribution < -0.4 is 0 Å². The van der Waals surface area contributed by atoms with Crippen molar-refractivity contribution in [1.82, 2.24) is 9.97 Å². The molecule has 0 spiro atoms. The zero-order chi connectivity index (χ0) is 7.40. The summed E-state index contributed by atoms with van der Waals surface area (Å²) >= 11 is 0. The van der Waals surface area contributed by atoms with Crippen LogP contribution in [0.3, 0.4) is 0 Å². The molecule has 10 heavy (non-hydrogen) atoms. The first kappa shape index (κ1) is 6.88. The number of hydrogen-bond acceptors (Lipinski definition) is 4. The van der Waals surface area contributed by atoms with Gasteiger partial charge in [-0.15, -0.1) is 0 Å². The van der Waals surface area contributed by atoms with Crippen LogP contribution in [0.15, 0.2) is 18.6 Å².